The van der Waals surface area contributed by atoms with E-state index in [9.17, 15) is 9.59 Å². The molecule has 0 unspecified atom stereocenters. The van der Waals surface area contributed by atoms with Crippen molar-refractivity contribution in [2.24, 2.45) is 0 Å². The van der Waals surface area contributed by atoms with Gasteiger partial charge in [-0.05, 0) is 146 Å². The fraction of sp³-hybridized carbons (Fsp3) is 0.821. The van der Waals surface area contributed by atoms with Crippen LogP contribution in [0, 0.1) is 0 Å². The molecule has 2 aromatic rings. The van der Waals surface area contributed by atoms with Crippen LogP contribution in [0.3, 0.4) is 0 Å². The summed E-state index contributed by atoms with van der Waals surface area (Å²) >= 11 is 0. The molecular formula is C78H136O4. The second-order valence-electron chi connectivity index (χ2n) is 26.2. The van der Waals surface area contributed by atoms with Crippen LogP contribution < -0.4 is 0 Å². The molecule has 0 saturated heterocycles. The number of fused-ring (bicyclic) bond motifs is 2. The molecule has 0 atom stereocenters. The Morgan fingerprint density at radius 1 is 0.232 bits per heavy atom. The van der Waals surface area contributed by atoms with Gasteiger partial charge in [0.05, 0.1) is 25.3 Å². The van der Waals surface area contributed by atoms with Crippen molar-refractivity contribution in [2.75, 3.05) is 14.2 Å². The van der Waals surface area contributed by atoms with Crippen molar-refractivity contribution in [3.05, 3.63) is 66.8 Å². The molecule has 82 heavy (non-hydrogen) atoms. The predicted molar refractivity (Wildman–Crippen MR) is 359 cm³/mol. The first-order chi connectivity index (χ1) is 40.4. The van der Waals surface area contributed by atoms with E-state index >= 15 is 0 Å². The molecule has 472 valence electrons. The number of carbonyl (C=O) groups is 2. The highest BCUT2D eigenvalue weighted by Gasteiger charge is 2.36. The SMILES string of the molecule is CCCCCCCCCCc1c(CCCCCCCCCC)c(CCCCCCCCCC)c2c(c1CCCCCCCCCC)Cc1c(c(CCCCCCCCCC)c(C(=O)OC)c(C(=O)OC)c1CCCCCCCCCC)C2. The summed E-state index contributed by atoms with van der Waals surface area (Å²) in [5.74, 6) is -0.710. The molecule has 1 aliphatic carbocycles. The molecule has 0 spiro atoms. The van der Waals surface area contributed by atoms with Crippen LogP contribution in [0.5, 0.6) is 0 Å². The van der Waals surface area contributed by atoms with Gasteiger partial charge >= 0.3 is 11.9 Å². The molecule has 1 aliphatic rings. The largest absolute Gasteiger partial charge is 0.465 e. The highest BCUT2D eigenvalue weighted by molar-refractivity contribution is 6.06. The third-order valence-corrected chi connectivity index (χ3v) is 19.3. The van der Waals surface area contributed by atoms with Gasteiger partial charge in [0.2, 0.25) is 0 Å². The maximum Gasteiger partial charge on any atom is 0.339 e. The number of methoxy groups -OCH3 is 2. The molecule has 0 aliphatic heterocycles. The Kier molecular flexibility index (Phi) is 44.4. The van der Waals surface area contributed by atoms with Crippen molar-refractivity contribution in [3.63, 3.8) is 0 Å². The fourth-order valence-corrected chi connectivity index (χ4v) is 14.3. The van der Waals surface area contributed by atoms with Crippen molar-refractivity contribution in [1.82, 2.24) is 0 Å². The predicted octanol–water partition coefficient (Wildman–Crippen LogP) is 24.9. The van der Waals surface area contributed by atoms with E-state index < -0.39 is 0 Å². The summed E-state index contributed by atoms with van der Waals surface area (Å²) in [6.07, 6.45) is 70.9. The van der Waals surface area contributed by atoms with Crippen LogP contribution in [-0.2, 0) is 60.8 Å². The van der Waals surface area contributed by atoms with Gasteiger partial charge in [-0.2, -0.15) is 0 Å². The number of esters is 2. The van der Waals surface area contributed by atoms with Gasteiger partial charge in [0, 0.05) is 0 Å². The van der Waals surface area contributed by atoms with E-state index in [2.05, 4.69) is 41.5 Å². The zero-order valence-electron chi connectivity index (χ0n) is 56.2. The summed E-state index contributed by atoms with van der Waals surface area (Å²) in [4.78, 5) is 29.3. The number of carbonyl (C=O) groups excluding carboxylic acids is 2. The maximum atomic E-state index is 14.7. The number of unbranched alkanes of at least 4 members (excludes halogenated alkanes) is 42. The molecule has 0 aromatic heterocycles. The zero-order valence-corrected chi connectivity index (χ0v) is 56.2. The topological polar surface area (TPSA) is 52.6 Å². The van der Waals surface area contributed by atoms with E-state index in [0.29, 0.717) is 11.1 Å². The monoisotopic (exact) mass is 1140 g/mol. The highest BCUT2D eigenvalue weighted by atomic mass is 16.5. The third kappa shape index (κ3) is 28.7. The first kappa shape index (κ1) is 73.6. The van der Waals surface area contributed by atoms with Crippen molar-refractivity contribution >= 4 is 11.9 Å². The zero-order chi connectivity index (χ0) is 59.1. The van der Waals surface area contributed by atoms with E-state index in [1.165, 1.54) is 334 Å². The van der Waals surface area contributed by atoms with Crippen molar-refractivity contribution in [1.29, 1.82) is 0 Å². The van der Waals surface area contributed by atoms with Crippen LogP contribution in [0.4, 0.5) is 0 Å². The first-order valence-electron chi connectivity index (χ1n) is 36.9. The fourth-order valence-electron chi connectivity index (χ4n) is 14.3. The molecular weight excluding hydrogens is 1000 g/mol. The number of benzene rings is 2. The summed E-state index contributed by atoms with van der Waals surface area (Å²) in [6, 6.07) is 0. The molecule has 4 heteroatoms. The standard InChI is InChI=1S/C78H136O4/c1-9-15-21-27-33-39-45-51-57-65-66(58-52-46-40-34-28-22-16-10-2)68(60-54-48-42-36-30-24-18-12-4)72-64-74-70(62-56-50-44-38-32-26-20-14-6)76(78(80)82-8)75(77(79)81-7)69(61-55-49-43-37-31-25-19-13-5)73(74)63-71(72)67(65)59-53-47-41-35-29-23-17-11-3/h9-64H2,1-8H3. The summed E-state index contributed by atoms with van der Waals surface area (Å²) < 4.78 is 11.6. The van der Waals surface area contributed by atoms with E-state index in [1.54, 1.807) is 33.4 Å². The lowest BCUT2D eigenvalue weighted by Crippen LogP contribution is -2.26. The van der Waals surface area contributed by atoms with Gasteiger partial charge in [-0.15, -0.1) is 0 Å². The summed E-state index contributed by atoms with van der Waals surface area (Å²) in [5, 5.41) is 0. The molecule has 0 bridgehead atoms. The van der Waals surface area contributed by atoms with Crippen molar-refractivity contribution in [2.45, 2.75) is 401 Å². The number of hydrogen-bond acceptors (Lipinski definition) is 4. The summed E-state index contributed by atoms with van der Waals surface area (Å²) in [5.41, 5.74) is 16.2. The first-order valence-corrected chi connectivity index (χ1v) is 36.9. The minimum atomic E-state index is -0.355. The second-order valence-corrected chi connectivity index (χ2v) is 26.2. The van der Waals surface area contributed by atoms with Crippen LogP contribution in [0.25, 0.3) is 0 Å². The van der Waals surface area contributed by atoms with Crippen molar-refractivity contribution in [3.8, 4) is 0 Å². The van der Waals surface area contributed by atoms with E-state index in [4.69, 9.17) is 9.47 Å². The Morgan fingerprint density at radius 2 is 0.390 bits per heavy atom. The Labute approximate surface area is 510 Å². The van der Waals surface area contributed by atoms with Gasteiger partial charge < -0.3 is 9.47 Å². The van der Waals surface area contributed by atoms with Gasteiger partial charge in [-0.25, -0.2) is 9.59 Å². The minimum Gasteiger partial charge on any atom is -0.465 e. The van der Waals surface area contributed by atoms with E-state index in [0.717, 1.165) is 62.5 Å². The number of hydrogen-bond donors (Lipinski definition) is 0. The lowest BCUT2D eigenvalue weighted by molar-refractivity contribution is 0.0552. The van der Waals surface area contributed by atoms with Gasteiger partial charge in [0.15, 0.2) is 0 Å². The van der Waals surface area contributed by atoms with Crippen molar-refractivity contribution < 1.29 is 19.1 Å². The van der Waals surface area contributed by atoms with Crippen LogP contribution in [-0.4, -0.2) is 26.2 Å². The molecule has 3 rings (SSSR count). The smallest absolute Gasteiger partial charge is 0.339 e. The lowest BCUT2D eigenvalue weighted by Gasteiger charge is -2.34. The average Bonchev–Trinajstić information content (AvgIpc) is 1.36. The third-order valence-electron chi connectivity index (χ3n) is 19.3. The van der Waals surface area contributed by atoms with Gasteiger partial charge in [0.1, 0.15) is 0 Å². The Bertz CT molecular complexity index is 1790. The average molecular weight is 1140 g/mol. The number of rotatable bonds is 56. The molecule has 0 amide bonds. The van der Waals surface area contributed by atoms with Crippen LogP contribution in [0.15, 0.2) is 0 Å². The molecule has 0 saturated carbocycles. The summed E-state index contributed by atoms with van der Waals surface area (Å²) in [6.45, 7) is 13.9. The minimum absolute atomic E-state index is 0.355. The molecule has 0 heterocycles. The van der Waals surface area contributed by atoms with Gasteiger partial charge in [-0.3, -0.25) is 0 Å². The Balaban J connectivity index is 2.38. The molecule has 4 nitrogen and oxygen atoms in total. The van der Waals surface area contributed by atoms with Crippen LogP contribution in [0.1, 0.15) is 426 Å². The lowest BCUT2D eigenvalue weighted by atomic mass is 9.70. The molecule has 0 N–H and O–H groups in total. The van der Waals surface area contributed by atoms with E-state index in [-0.39, 0.29) is 11.9 Å². The van der Waals surface area contributed by atoms with Crippen LogP contribution in [0.2, 0.25) is 0 Å². The highest BCUT2D eigenvalue weighted by Crippen LogP contribution is 2.44. The maximum absolute atomic E-state index is 14.7. The van der Waals surface area contributed by atoms with Gasteiger partial charge in [-0.1, -0.05) is 311 Å². The summed E-state index contributed by atoms with van der Waals surface area (Å²) in [7, 11) is 3.06. The van der Waals surface area contributed by atoms with E-state index in [1.807, 2.05) is 0 Å². The quantitative estimate of drug-likeness (QED) is 0.0417. The normalized spacial score (nSPS) is 12.1. The van der Waals surface area contributed by atoms with Gasteiger partial charge in [0.25, 0.3) is 0 Å². The number of ether oxygens (including phenoxy) is 2. The molecule has 0 radical (unpaired) electrons. The Morgan fingerprint density at radius 3 is 0.585 bits per heavy atom. The van der Waals surface area contributed by atoms with Crippen LogP contribution >= 0.6 is 0 Å². The second kappa shape index (κ2) is 49.5. The molecule has 2 aromatic carbocycles. The Hall–Kier alpha value is -2.62. The molecule has 0 fully saturated rings.